The molecule has 7 heteroatoms. The molecule has 0 spiro atoms. The van der Waals surface area contributed by atoms with E-state index in [0.29, 0.717) is 37.7 Å². The van der Waals surface area contributed by atoms with Crippen LogP contribution in [0.4, 0.5) is 0 Å². The first kappa shape index (κ1) is 19.1. The maximum Gasteiger partial charge on any atom is 0.309 e. The van der Waals surface area contributed by atoms with Gasteiger partial charge in [-0.25, -0.2) is 0 Å². The van der Waals surface area contributed by atoms with Crippen molar-refractivity contribution in [3.63, 3.8) is 0 Å². The van der Waals surface area contributed by atoms with Crippen molar-refractivity contribution in [2.75, 3.05) is 32.9 Å². The van der Waals surface area contributed by atoms with Gasteiger partial charge in [0, 0.05) is 19.8 Å². The molecule has 2 amide bonds. The van der Waals surface area contributed by atoms with Gasteiger partial charge in [0.2, 0.25) is 0 Å². The van der Waals surface area contributed by atoms with Crippen LogP contribution >= 0.6 is 0 Å². The summed E-state index contributed by atoms with van der Waals surface area (Å²) < 4.78 is 16.7. The normalized spacial score (nSPS) is 15.5. The Bertz CT molecular complexity index is 564. The summed E-state index contributed by atoms with van der Waals surface area (Å²) in [5.41, 5.74) is 0. The Balaban J connectivity index is 1.58. The molecule has 1 aromatic rings. The minimum atomic E-state index is -0.672. The number of hydrogen-bond acceptors (Lipinski definition) is 5. The summed E-state index contributed by atoms with van der Waals surface area (Å²) >= 11 is 0. The van der Waals surface area contributed by atoms with E-state index in [1.807, 2.05) is 18.2 Å². The molecule has 2 rings (SSSR count). The highest BCUT2D eigenvalue weighted by atomic mass is 16.6. The van der Waals surface area contributed by atoms with Crippen molar-refractivity contribution in [3.8, 4) is 11.5 Å². The van der Waals surface area contributed by atoms with Crippen LogP contribution in [-0.4, -0.2) is 50.8 Å². The third-order valence-electron chi connectivity index (χ3n) is 3.66. The van der Waals surface area contributed by atoms with E-state index in [9.17, 15) is 9.59 Å². The zero-order valence-electron chi connectivity index (χ0n) is 14.6. The number of para-hydroxylation sites is 2. The van der Waals surface area contributed by atoms with Crippen molar-refractivity contribution in [3.05, 3.63) is 24.3 Å². The molecule has 2 N–H and O–H groups in total. The van der Waals surface area contributed by atoms with Crippen molar-refractivity contribution in [1.82, 2.24) is 10.6 Å². The number of nitrogens with one attached hydrogen (secondary N) is 2. The highest BCUT2D eigenvalue weighted by Gasteiger charge is 2.22. The summed E-state index contributed by atoms with van der Waals surface area (Å²) in [6.45, 7) is 4.36. The lowest BCUT2D eigenvalue weighted by Crippen LogP contribution is -2.46. The zero-order valence-corrected chi connectivity index (χ0v) is 14.6. The summed E-state index contributed by atoms with van der Waals surface area (Å²) in [5, 5.41) is 5.14. The van der Waals surface area contributed by atoms with Gasteiger partial charge in [-0.3, -0.25) is 9.59 Å². The largest absolute Gasteiger partial charge is 0.486 e. The average Bonchev–Trinajstić information content (AvgIpc) is 2.65. The Morgan fingerprint density at radius 3 is 2.64 bits per heavy atom. The number of carbonyl (C=O) groups excluding carboxylic acids is 2. The highest BCUT2D eigenvalue weighted by molar-refractivity contribution is 6.35. The Morgan fingerprint density at radius 2 is 1.84 bits per heavy atom. The molecule has 7 nitrogen and oxygen atoms in total. The van der Waals surface area contributed by atoms with Crippen LogP contribution in [0.25, 0.3) is 0 Å². The van der Waals surface area contributed by atoms with Crippen LogP contribution in [-0.2, 0) is 14.3 Å². The molecule has 1 atom stereocenters. The van der Waals surface area contributed by atoms with Crippen LogP contribution in [0, 0.1) is 0 Å². The van der Waals surface area contributed by atoms with Crippen molar-refractivity contribution in [2.45, 2.75) is 32.3 Å². The first-order valence-electron chi connectivity index (χ1n) is 8.73. The van der Waals surface area contributed by atoms with Gasteiger partial charge in [0.05, 0.1) is 6.54 Å². The topological polar surface area (TPSA) is 85.9 Å². The third kappa shape index (κ3) is 6.62. The van der Waals surface area contributed by atoms with Crippen LogP contribution in [0.2, 0.25) is 0 Å². The lowest BCUT2D eigenvalue weighted by atomic mass is 10.2. The molecule has 0 fully saturated rings. The van der Waals surface area contributed by atoms with E-state index in [1.165, 1.54) is 0 Å². The molecule has 0 aromatic heterocycles. The fraction of sp³-hybridized carbons (Fsp3) is 0.556. The summed E-state index contributed by atoms with van der Waals surface area (Å²) in [5.74, 6) is 0.00421. The number of carbonyl (C=O) groups is 2. The van der Waals surface area contributed by atoms with Gasteiger partial charge in [0.25, 0.3) is 0 Å². The zero-order chi connectivity index (χ0) is 17.9. The summed E-state index contributed by atoms with van der Waals surface area (Å²) in [7, 11) is 0. The molecule has 0 aliphatic carbocycles. The van der Waals surface area contributed by atoms with Crippen molar-refractivity contribution >= 4 is 11.8 Å². The molecule has 1 aliphatic rings. The Morgan fingerprint density at radius 1 is 1.12 bits per heavy atom. The van der Waals surface area contributed by atoms with E-state index in [-0.39, 0.29) is 12.6 Å². The SMILES string of the molecule is CCCCOCCCNC(=O)C(=O)NCC1COc2ccccc2O1. The molecule has 0 radical (unpaired) electrons. The Hall–Kier alpha value is -2.28. The summed E-state index contributed by atoms with van der Waals surface area (Å²) in [6.07, 6.45) is 2.49. The number of unbranched alkanes of at least 4 members (excludes halogenated alkanes) is 1. The number of benzene rings is 1. The second-order valence-corrected chi connectivity index (χ2v) is 5.78. The molecule has 1 aromatic carbocycles. The van der Waals surface area contributed by atoms with E-state index in [1.54, 1.807) is 6.07 Å². The maximum atomic E-state index is 11.8. The molecule has 25 heavy (non-hydrogen) atoms. The monoisotopic (exact) mass is 350 g/mol. The second kappa shape index (κ2) is 10.6. The summed E-state index contributed by atoms with van der Waals surface area (Å²) in [4.78, 5) is 23.5. The van der Waals surface area contributed by atoms with Gasteiger partial charge < -0.3 is 24.8 Å². The highest BCUT2D eigenvalue weighted by Crippen LogP contribution is 2.30. The number of rotatable bonds is 9. The molecule has 0 bridgehead atoms. The standard InChI is InChI=1S/C18H26N2O5/c1-2-3-10-23-11-6-9-19-17(21)18(22)20-12-14-13-24-15-7-4-5-8-16(15)25-14/h4-5,7-8,14H,2-3,6,9-13H2,1H3,(H,19,21)(H,20,22). The van der Waals surface area contributed by atoms with Gasteiger partial charge in [-0.05, 0) is 25.0 Å². The summed E-state index contributed by atoms with van der Waals surface area (Å²) in [6, 6.07) is 7.34. The predicted octanol–water partition coefficient (Wildman–Crippen LogP) is 1.27. The van der Waals surface area contributed by atoms with Crippen molar-refractivity contribution < 1.29 is 23.8 Å². The molecular formula is C18H26N2O5. The van der Waals surface area contributed by atoms with Crippen molar-refractivity contribution in [1.29, 1.82) is 0 Å². The van der Waals surface area contributed by atoms with Crippen LogP contribution in [0.3, 0.4) is 0 Å². The fourth-order valence-electron chi connectivity index (χ4n) is 2.26. The van der Waals surface area contributed by atoms with E-state index in [2.05, 4.69) is 17.6 Å². The molecular weight excluding hydrogens is 324 g/mol. The minimum Gasteiger partial charge on any atom is -0.486 e. The van der Waals surface area contributed by atoms with Crippen molar-refractivity contribution in [2.24, 2.45) is 0 Å². The molecule has 138 valence electrons. The minimum absolute atomic E-state index is 0.209. The van der Waals surface area contributed by atoms with Crippen LogP contribution < -0.4 is 20.1 Å². The van der Waals surface area contributed by atoms with Crippen LogP contribution in [0.15, 0.2) is 24.3 Å². The number of hydrogen-bond donors (Lipinski definition) is 2. The van der Waals surface area contributed by atoms with Gasteiger partial charge in [0.15, 0.2) is 11.5 Å². The van der Waals surface area contributed by atoms with Gasteiger partial charge in [-0.2, -0.15) is 0 Å². The maximum absolute atomic E-state index is 11.8. The smallest absolute Gasteiger partial charge is 0.309 e. The van der Waals surface area contributed by atoms with Crippen LogP contribution in [0.1, 0.15) is 26.2 Å². The van der Waals surface area contributed by atoms with Crippen LogP contribution in [0.5, 0.6) is 11.5 Å². The lowest BCUT2D eigenvalue weighted by Gasteiger charge is -2.26. The second-order valence-electron chi connectivity index (χ2n) is 5.78. The molecule has 0 saturated heterocycles. The van der Waals surface area contributed by atoms with E-state index in [0.717, 1.165) is 19.4 Å². The third-order valence-corrected chi connectivity index (χ3v) is 3.66. The fourth-order valence-corrected chi connectivity index (χ4v) is 2.26. The first-order valence-corrected chi connectivity index (χ1v) is 8.73. The first-order chi connectivity index (χ1) is 12.2. The molecule has 1 unspecified atom stereocenters. The Labute approximate surface area is 148 Å². The quantitative estimate of drug-likeness (QED) is 0.517. The van der Waals surface area contributed by atoms with E-state index < -0.39 is 11.8 Å². The van der Waals surface area contributed by atoms with E-state index >= 15 is 0 Å². The Kier molecular flexibility index (Phi) is 8.04. The van der Waals surface area contributed by atoms with Gasteiger partial charge in [-0.1, -0.05) is 25.5 Å². The molecule has 0 saturated carbocycles. The van der Waals surface area contributed by atoms with Gasteiger partial charge in [-0.15, -0.1) is 0 Å². The number of amides is 2. The lowest BCUT2D eigenvalue weighted by molar-refractivity contribution is -0.139. The number of ether oxygens (including phenoxy) is 3. The number of fused-ring (bicyclic) bond motifs is 1. The predicted molar refractivity (Wildman–Crippen MR) is 92.7 cm³/mol. The van der Waals surface area contributed by atoms with E-state index in [4.69, 9.17) is 14.2 Å². The average molecular weight is 350 g/mol. The van der Waals surface area contributed by atoms with Gasteiger partial charge in [0.1, 0.15) is 12.7 Å². The van der Waals surface area contributed by atoms with Gasteiger partial charge >= 0.3 is 11.8 Å². The molecule has 1 heterocycles. The molecule has 1 aliphatic heterocycles.